The zero-order valence-corrected chi connectivity index (χ0v) is 13.2. The topological polar surface area (TPSA) is 61.8 Å². The fourth-order valence-electron chi connectivity index (χ4n) is 3.34. The third kappa shape index (κ3) is 2.51. The van der Waals surface area contributed by atoms with Crippen molar-refractivity contribution in [2.45, 2.75) is 39.7 Å². The van der Waals surface area contributed by atoms with Gasteiger partial charge in [-0.25, -0.2) is 13.5 Å². The van der Waals surface area contributed by atoms with Gasteiger partial charge < -0.3 is 5.11 Å². The predicted octanol–water partition coefficient (Wildman–Crippen LogP) is 3.34. The van der Waals surface area contributed by atoms with Crippen LogP contribution in [0, 0.1) is 35.3 Å². The van der Waals surface area contributed by atoms with E-state index in [1.54, 1.807) is 6.92 Å². The van der Waals surface area contributed by atoms with Gasteiger partial charge in [0.15, 0.2) is 0 Å². The van der Waals surface area contributed by atoms with Crippen LogP contribution < -0.4 is 0 Å². The smallest absolute Gasteiger partial charge is 0.146 e. The molecule has 0 saturated heterocycles. The highest BCUT2D eigenvalue weighted by atomic mass is 19.1. The molecule has 3 rings (SSSR count). The maximum atomic E-state index is 13.9. The molecule has 0 aliphatic heterocycles. The van der Waals surface area contributed by atoms with Crippen molar-refractivity contribution < 1.29 is 13.9 Å². The molecule has 2 aromatic rings. The molecule has 1 aromatic carbocycles. The number of rotatable bonds is 1. The lowest BCUT2D eigenvalue weighted by molar-refractivity contribution is 0.0982. The van der Waals surface area contributed by atoms with Crippen molar-refractivity contribution in [2.24, 2.45) is 5.41 Å². The molecule has 1 atom stereocenters. The Morgan fingerprint density at radius 3 is 2.52 bits per heavy atom. The van der Waals surface area contributed by atoms with E-state index in [9.17, 15) is 13.9 Å². The Morgan fingerprint density at radius 1 is 1.35 bits per heavy atom. The van der Waals surface area contributed by atoms with E-state index in [0.29, 0.717) is 18.5 Å². The molecule has 0 bridgehead atoms. The van der Waals surface area contributed by atoms with Gasteiger partial charge in [-0.05, 0) is 25.2 Å². The van der Waals surface area contributed by atoms with Crippen LogP contribution in [0.2, 0.25) is 0 Å². The molecule has 120 valence electrons. The normalized spacial score (nSPS) is 19.3. The van der Waals surface area contributed by atoms with Gasteiger partial charge in [-0.3, -0.25) is 0 Å². The number of benzene rings is 1. The van der Waals surface area contributed by atoms with Crippen molar-refractivity contribution in [3.05, 3.63) is 46.3 Å². The Bertz CT molecular complexity index is 810. The Morgan fingerprint density at radius 2 is 1.96 bits per heavy atom. The average molecular weight is 317 g/mol. The fraction of sp³-hybridized carbons (Fsp3) is 0.412. The minimum absolute atomic E-state index is 0.139. The minimum atomic E-state index is -0.917. The second kappa shape index (κ2) is 5.14. The maximum Gasteiger partial charge on any atom is 0.146 e. The minimum Gasteiger partial charge on any atom is -0.388 e. The molecule has 0 saturated carbocycles. The summed E-state index contributed by atoms with van der Waals surface area (Å²) in [6.45, 7) is 5.84. The van der Waals surface area contributed by atoms with Crippen molar-refractivity contribution in [3.63, 3.8) is 0 Å². The van der Waals surface area contributed by atoms with E-state index in [1.807, 2.05) is 13.8 Å². The molecule has 1 heterocycles. The van der Waals surface area contributed by atoms with Crippen molar-refractivity contribution in [1.29, 1.82) is 5.26 Å². The highest BCUT2D eigenvalue weighted by molar-refractivity contribution is 5.45. The van der Waals surface area contributed by atoms with Crippen molar-refractivity contribution >= 4 is 0 Å². The number of aromatic nitrogens is 2. The first-order valence-electron chi connectivity index (χ1n) is 7.39. The molecule has 4 nitrogen and oxygen atoms in total. The largest absolute Gasteiger partial charge is 0.388 e. The van der Waals surface area contributed by atoms with Crippen LogP contribution in [0.4, 0.5) is 8.78 Å². The third-order valence-corrected chi connectivity index (χ3v) is 4.31. The summed E-state index contributed by atoms with van der Waals surface area (Å²) in [4.78, 5) is 0. The Hall–Kier alpha value is -2.26. The van der Waals surface area contributed by atoms with E-state index < -0.39 is 23.3 Å². The molecule has 0 fully saturated rings. The number of nitrogens with zero attached hydrogens (tertiary/aromatic N) is 3. The highest BCUT2D eigenvalue weighted by Crippen LogP contribution is 2.42. The average Bonchev–Trinajstić information content (AvgIpc) is 2.73. The predicted molar refractivity (Wildman–Crippen MR) is 80.0 cm³/mol. The second-order valence-corrected chi connectivity index (χ2v) is 6.81. The summed E-state index contributed by atoms with van der Waals surface area (Å²) in [7, 11) is 0. The van der Waals surface area contributed by atoms with Gasteiger partial charge >= 0.3 is 0 Å². The van der Waals surface area contributed by atoms with Crippen LogP contribution in [0.5, 0.6) is 0 Å². The van der Waals surface area contributed by atoms with Gasteiger partial charge in [0.1, 0.15) is 23.3 Å². The number of aliphatic hydroxyl groups excluding tert-OH is 1. The molecule has 0 spiro atoms. The van der Waals surface area contributed by atoms with Crippen molar-refractivity contribution in [1.82, 2.24) is 9.78 Å². The first-order chi connectivity index (χ1) is 10.7. The number of hydrogen-bond acceptors (Lipinski definition) is 3. The molecule has 0 radical (unpaired) electrons. The fourth-order valence-corrected chi connectivity index (χ4v) is 3.34. The summed E-state index contributed by atoms with van der Waals surface area (Å²) in [6, 6.07) is 3.71. The molecule has 1 N–H and O–H groups in total. The van der Waals surface area contributed by atoms with Gasteiger partial charge in [0.05, 0.1) is 23.2 Å². The molecule has 1 unspecified atom stereocenters. The summed E-state index contributed by atoms with van der Waals surface area (Å²) in [5, 5.41) is 23.5. The van der Waals surface area contributed by atoms with Crippen molar-refractivity contribution in [3.8, 4) is 11.8 Å². The van der Waals surface area contributed by atoms with E-state index in [4.69, 9.17) is 5.26 Å². The molecule has 1 aromatic heterocycles. The van der Waals surface area contributed by atoms with Gasteiger partial charge in [-0.15, -0.1) is 0 Å². The van der Waals surface area contributed by atoms with Crippen LogP contribution in [0.25, 0.3) is 5.69 Å². The Kier molecular flexibility index (Phi) is 3.49. The van der Waals surface area contributed by atoms with E-state index >= 15 is 0 Å². The third-order valence-electron chi connectivity index (χ3n) is 4.31. The highest BCUT2D eigenvalue weighted by Gasteiger charge is 2.36. The van der Waals surface area contributed by atoms with Gasteiger partial charge in [-0.1, -0.05) is 13.8 Å². The molecular weight excluding hydrogens is 300 g/mol. The molecule has 0 amide bonds. The first kappa shape index (κ1) is 15.6. The van der Waals surface area contributed by atoms with E-state index in [0.717, 1.165) is 23.4 Å². The summed E-state index contributed by atoms with van der Waals surface area (Å²) in [5.74, 6) is -1.83. The lowest BCUT2D eigenvalue weighted by Gasteiger charge is -2.33. The summed E-state index contributed by atoms with van der Waals surface area (Å²) >= 11 is 0. The van der Waals surface area contributed by atoms with E-state index in [1.165, 1.54) is 10.8 Å². The van der Waals surface area contributed by atoms with Crippen LogP contribution >= 0.6 is 0 Å². The van der Waals surface area contributed by atoms with Crippen LogP contribution in [0.3, 0.4) is 0 Å². The number of aliphatic hydroxyl groups is 1. The number of nitriles is 1. The standard InChI is InChI=1S/C17H17F2N3O/c1-9-16-14(6-17(2,3)7-15(16)23)22(21-9)10-4-12(18)11(8-20)13(19)5-10/h4-5,15,23H,6-7H2,1-3H3. The summed E-state index contributed by atoms with van der Waals surface area (Å²) < 4.78 is 29.3. The number of aryl methyl sites for hydroxylation is 1. The van der Waals surface area contributed by atoms with Crippen LogP contribution in [0.15, 0.2) is 12.1 Å². The second-order valence-electron chi connectivity index (χ2n) is 6.81. The number of fused-ring (bicyclic) bond motifs is 1. The van der Waals surface area contributed by atoms with Crippen molar-refractivity contribution in [2.75, 3.05) is 0 Å². The Balaban J connectivity index is 2.20. The maximum absolute atomic E-state index is 13.9. The summed E-state index contributed by atoms with van der Waals surface area (Å²) in [6.07, 6.45) is 0.613. The van der Waals surface area contributed by atoms with E-state index in [-0.39, 0.29) is 11.1 Å². The Labute approximate surface area is 133 Å². The van der Waals surface area contributed by atoms with Gasteiger partial charge in [0, 0.05) is 17.7 Å². The molecule has 1 aliphatic carbocycles. The van der Waals surface area contributed by atoms with Crippen LogP contribution in [0.1, 0.15) is 48.9 Å². The van der Waals surface area contributed by atoms with Gasteiger partial charge in [-0.2, -0.15) is 10.4 Å². The monoisotopic (exact) mass is 317 g/mol. The molecular formula is C17H17F2N3O. The SMILES string of the molecule is Cc1nn(-c2cc(F)c(C#N)c(F)c2)c2c1C(O)CC(C)(C)C2. The number of hydrogen-bond donors (Lipinski definition) is 1. The quantitative estimate of drug-likeness (QED) is 0.877. The van der Waals surface area contributed by atoms with E-state index in [2.05, 4.69) is 5.10 Å². The van der Waals surface area contributed by atoms with Crippen LogP contribution in [-0.2, 0) is 6.42 Å². The lowest BCUT2D eigenvalue weighted by atomic mass is 9.75. The van der Waals surface area contributed by atoms with Gasteiger partial charge in [0.2, 0.25) is 0 Å². The molecule has 23 heavy (non-hydrogen) atoms. The first-order valence-corrected chi connectivity index (χ1v) is 7.39. The summed E-state index contributed by atoms with van der Waals surface area (Å²) in [5.41, 5.74) is 1.61. The zero-order chi connectivity index (χ0) is 16.9. The number of halogens is 2. The molecule has 6 heteroatoms. The molecule has 1 aliphatic rings. The van der Waals surface area contributed by atoms with Crippen LogP contribution in [-0.4, -0.2) is 14.9 Å². The lowest BCUT2D eigenvalue weighted by Crippen LogP contribution is -2.27. The zero-order valence-electron chi connectivity index (χ0n) is 13.2. The van der Waals surface area contributed by atoms with Gasteiger partial charge in [0.25, 0.3) is 0 Å².